The molecule has 0 radical (unpaired) electrons. The lowest BCUT2D eigenvalue weighted by atomic mass is 10.1. The molecule has 0 unspecified atom stereocenters. The van der Waals surface area contributed by atoms with Crippen LogP contribution in [0.3, 0.4) is 0 Å². The van der Waals surface area contributed by atoms with Gasteiger partial charge in [-0.2, -0.15) is 0 Å². The van der Waals surface area contributed by atoms with E-state index in [1.165, 1.54) is 11.8 Å². The zero-order chi connectivity index (χ0) is 13.1. The summed E-state index contributed by atoms with van der Waals surface area (Å²) in [5, 5.41) is 0. The van der Waals surface area contributed by atoms with Gasteiger partial charge in [0, 0.05) is 5.56 Å². The third-order valence-electron chi connectivity index (χ3n) is 2.93. The Morgan fingerprint density at radius 2 is 2.11 bits per heavy atom. The van der Waals surface area contributed by atoms with E-state index in [1.807, 2.05) is 54.6 Å². The van der Waals surface area contributed by atoms with Gasteiger partial charge in [0.15, 0.2) is 11.3 Å². The van der Waals surface area contributed by atoms with E-state index in [0.29, 0.717) is 5.75 Å². The third-order valence-corrected chi connectivity index (χ3v) is 3.86. The highest BCUT2D eigenvalue weighted by atomic mass is 32.2. The van der Waals surface area contributed by atoms with E-state index < -0.39 is 0 Å². The average molecular weight is 271 g/mol. The quantitative estimate of drug-likeness (QED) is 0.790. The fourth-order valence-corrected chi connectivity index (χ4v) is 2.81. The van der Waals surface area contributed by atoms with Crippen molar-refractivity contribution in [1.29, 1.82) is 0 Å². The van der Waals surface area contributed by atoms with Crippen LogP contribution in [0.1, 0.15) is 10.4 Å². The second-order valence-corrected chi connectivity index (χ2v) is 5.29. The molecule has 0 saturated carbocycles. The molecule has 0 amide bonds. The summed E-state index contributed by atoms with van der Waals surface area (Å²) in [6.07, 6.45) is 7.77. The van der Waals surface area contributed by atoms with Gasteiger partial charge < -0.3 is 4.74 Å². The van der Waals surface area contributed by atoms with Crippen molar-refractivity contribution in [2.75, 3.05) is 5.75 Å². The normalized spacial score (nSPS) is 24.1. The number of carbonyl (C=O) groups excluding carboxylic acids is 1. The number of carbonyl (C=O) groups is 1. The van der Waals surface area contributed by atoms with Crippen molar-refractivity contribution in [3.05, 3.63) is 60.2 Å². The van der Waals surface area contributed by atoms with Gasteiger partial charge in [0.05, 0.1) is 11.5 Å². The van der Waals surface area contributed by atoms with Crippen molar-refractivity contribution in [2.45, 2.75) is 11.7 Å². The Kier molecular flexibility index (Phi) is 3.62. The SMILES string of the molecule is O=C(CS[C@H]1N=C2C=CC=C[C@H]2O1)c1ccccc1. The highest BCUT2D eigenvalue weighted by Gasteiger charge is 2.27. The molecule has 4 heteroatoms. The first kappa shape index (κ1) is 12.4. The maximum Gasteiger partial charge on any atom is 0.198 e. The molecule has 1 aromatic rings. The van der Waals surface area contributed by atoms with Crippen LogP contribution in [-0.2, 0) is 4.74 Å². The number of ketones is 1. The number of Topliss-reactive ketones (excluding diaryl/α,β-unsaturated/α-hetero) is 1. The van der Waals surface area contributed by atoms with Crippen molar-refractivity contribution in [3.63, 3.8) is 0 Å². The maximum absolute atomic E-state index is 12.0. The van der Waals surface area contributed by atoms with Crippen molar-refractivity contribution in [2.24, 2.45) is 4.99 Å². The predicted molar refractivity (Wildman–Crippen MR) is 77.6 cm³/mol. The van der Waals surface area contributed by atoms with Crippen LogP contribution in [0.25, 0.3) is 0 Å². The van der Waals surface area contributed by atoms with Crippen molar-refractivity contribution >= 4 is 23.3 Å². The number of hydrogen-bond acceptors (Lipinski definition) is 4. The third kappa shape index (κ3) is 2.85. The Labute approximate surface area is 116 Å². The molecule has 3 nitrogen and oxygen atoms in total. The van der Waals surface area contributed by atoms with Gasteiger partial charge in [0.2, 0.25) is 0 Å². The van der Waals surface area contributed by atoms with Crippen LogP contribution in [0, 0.1) is 0 Å². The summed E-state index contributed by atoms with van der Waals surface area (Å²) < 4.78 is 5.72. The number of hydrogen-bond donors (Lipinski definition) is 0. The first-order valence-corrected chi connectivity index (χ1v) is 7.16. The molecule has 1 heterocycles. The van der Waals surface area contributed by atoms with Crippen LogP contribution in [0.5, 0.6) is 0 Å². The maximum atomic E-state index is 12.0. The van der Waals surface area contributed by atoms with Crippen molar-refractivity contribution < 1.29 is 9.53 Å². The van der Waals surface area contributed by atoms with Gasteiger partial charge >= 0.3 is 0 Å². The van der Waals surface area contributed by atoms with Gasteiger partial charge in [-0.05, 0) is 12.2 Å². The van der Waals surface area contributed by atoms with Gasteiger partial charge in [-0.3, -0.25) is 4.79 Å². The van der Waals surface area contributed by atoms with E-state index >= 15 is 0 Å². The topological polar surface area (TPSA) is 38.7 Å². The Morgan fingerprint density at radius 1 is 1.26 bits per heavy atom. The molecule has 1 aromatic carbocycles. The van der Waals surface area contributed by atoms with Crippen LogP contribution < -0.4 is 0 Å². The van der Waals surface area contributed by atoms with E-state index in [-0.39, 0.29) is 17.4 Å². The van der Waals surface area contributed by atoms with Crippen LogP contribution >= 0.6 is 11.8 Å². The van der Waals surface area contributed by atoms with Crippen LogP contribution in [0.2, 0.25) is 0 Å². The highest BCUT2D eigenvalue weighted by molar-refractivity contribution is 8.00. The molecule has 1 aliphatic carbocycles. The Balaban J connectivity index is 1.57. The average Bonchev–Trinajstić information content (AvgIpc) is 2.88. The summed E-state index contributed by atoms with van der Waals surface area (Å²) in [6, 6.07) is 9.30. The lowest BCUT2D eigenvalue weighted by molar-refractivity contribution is 0.101. The Morgan fingerprint density at radius 3 is 2.89 bits per heavy atom. The monoisotopic (exact) mass is 271 g/mol. The number of allylic oxidation sites excluding steroid dienone is 2. The molecule has 2 atom stereocenters. The van der Waals surface area contributed by atoms with Crippen LogP contribution in [0.4, 0.5) is 0 Å². The number of fused-ring (bicyclic) bond motifs is 1. The molecular formula is C15H13NO2S. The molecule has 19 heavy (non-hydrogen) atoms. The minimum atomic E-state index is -0.278. The largest absolute Gasteiger partial charge is 0.333 e. The first-order chi connectivity index (χ1) is 9.33. The van der Waals surface area contributed by atoms with E-state index in [9.17, 15) is 4.79 Å². The van der Waals surface area contributed by atoms with Crippen molar-refractivity contribution in [1.82, 2.24) is 0 Å². The van der Waals surface area contributed by atoms with Crippen LogP contribution in [0.15, 0.2) is 59.6 Å². The molecule has 2 aliphatic rings. The second kappa shape index (κ2) is 5.55. The fraction of sp³-hybridized carbons (Fsp3) is 0.200. The van der Waals surface area contributed by atoms with Crippen molar-refractivity contribution in [3.8, 4) is 0 Å². The molecule has 0 saturated heterocycles. The number of aliphatic imine (C=N–C) groups is 1. The van der Waals surface area contributed by atoms with Gasteiger partial charge in [0.25, 0.3) is 0 Å². The standard InChI is InChI=1S/C15H13NO2S/c17-13(11-6-2-1-3-7-11)10-19-15-16-12-8-4-5-9-14(12)18-15/h1-9,14-15H,10H2/t14-,15+/m1/s1. The molecule has 0 fully saturated rings. The number of thioether (sulfide) groups is 1. The van der Waals surface area contributed by atoms with Gasteiger partial charge in [-0.15, -0.1) is 0 Å². The summed E-state index contributed by atoms with van der Waals surface area (Å²) in [4.78, 5) is 16.4. The molecule has 0 bridgehead atoms. The van der Waals surface area contributed by atoms with E-state index in [0.717, 1.165) is 11.3 Å². The number of benzene rings is 1. The zero-order valence-electron chi connectivity index (χ0n) is 10.2. The molecule has 1 aliphatic heterocycles. The smallest absolute Gasteiger partial charge is 0.198 e. The summed E-state index contributed by atoms with van der Waals surface area (Å²) in [6.45, 7) is 0. The highest BCUT2D eigenvalue weighted by Crippen LogP contribution is 2.26. The van der Waals surface area contributed by atoms with E-state index in [4.69, 9.17) is 4.74 Å². The number of rotatable bonds is 4. The Bertz CT molecular complexity index is 563. The predicted octanol–water partition coefficient (Wildman–Crippen LogP) is 2.85. The Hall–Kier alpha value is -1.65. The molecule has 0 spiro atoms. The number of ether oxygens (including phenoxy) is 1. The number of nitrogens with zero attached hydrogens (tertiary/aromatic N) is 1. The van der Waals surface area contributed by atoms with Gasteiger partial charge in [-0.25, -0.2) is 4.99 Å². The zero-order valence-corrected chi connectivity index (χ0v) is 11.0. The first-order valence-electron chi connectivity index (χ1n) is 6.11. The minimum absolute atomic E-state index is 0.0469. The second-order valence-electron chi connectivity index (χ2n) is 4.26. The van der Waals surface area contributed by atoms with E-state index in [1.54, 1.807) is 0 Å². The van der Waals surface area contributed by atoms with E-state index in [2.05, 4.69) is 4.99 Å². The molecule has 3 rings (SSSR count). The summed E-state index contributed by atoms with van der Waals surface area (Å²) in [5.41, 5.74) is 1.39. The van der Waals surface area contributed by atoms with Gasteiger partial charge in [0.1, 0.15) is 6.10 Å². The minimum Gasteiger partial charge on any atom is -0.333 e. The fourth-order valence-electron chi connectivity index (χ4n) is 1.95. The lowest BCUT2D eigenvalue weighted by Gasteiger charge is -2.10. The molecule has 0 aromatic heterocycles. The molecule has 0 N–H and O–H groups in total. The summed E-state index contributed by atoms with van der Waals surface area (Å²) in [5.74, 6) is 0.487. The van der Waals surface area contributed by atoms with Crippen LogP contribution in [-0.4, -0.2) is 28.9 Å². The van der Waals surface area contributed by atoms with Gasteiger partial charge in [-0.1, -0.05) is 54.2 Å². The lowest BCUT2D eigenvalue weighted by Crippen LogP contribution is -2.16. The summed E-state index contributed by atoms with van der Waals surface area (Å²) in [7, 11) is 0. The summed E-state index contributed by atoms with van der Waals surface area (Å²) >= 11 is 1.43. The molecular weight excluding hydrogens is 258 g/mol. The molecule has 96 valence electrons.